The monoisotopic (exact) mass is 408 g/mol. The normalized spacial score (nSPS) is 11.9. The fourth-order valence-corrected chi connectivity index (χ4v) is 3.00. The van der Waals surface area contributed by atoms with Crippen LogP contribution < -0.4 is 10.1 Å². The molecule has 12 heteroatoms. The van der Waals surface area contributed by atoms with Gasteiger partial charge in [0.05, 0.1) is 12.2 Å². The largest absolute Gasteiger partial charge is 0.435 e. The second kappa shape index (κ2) is 8.05. The Kier molecular flexibility index (Phi) is 5.55. The quantitative estimate of drug-likeness (QED) is 0.672. The minimum absolute atomic E-state index is 0.199. The Labute approximate surface area is 160 Å². The molecule has 144 valence electrons. The molecular weight excluding hydrogens is 397 g/mol. The van der Waals surface area contributed by atoms with Crippen LogP contribution in [0.2, 0.25) is 0 Å². The SMILES string of the molecule is C[C@H](NC(=O)c1cc(F)cc(OC(F)F)c1)c1ncnn1-c1ncc(C#N)s1. The zero-order valence-electron chi connectivity index (χ0n) is 14.1. The molecule has 1 amide bonds. The summed E-state index contributed by atoms with van der Waals surface area (Å²) in [6.45, 7) is -1.54. The van der Waals surface area contributed by atoms with Gasteiger partial charge in [0, 0.05) is 11.6 Å². The first-order valence-corrected chi connectivity index (χ1v) is 8.51. The molecule has 0 bridgehead atoms. The van der Waals surface area contributed by atoms with Crippen molar-refractivity contribution in [1.82, 2.24) is 25.1 Å². The molecule has 0 aliphatic heterocycles. The Morgan fingerprint density at radius 3 is 2.82 bits per heavy atom. The van der Waals surface area contributed by atoms with E-state index in [1.165, 1.54) is 17.2 Å². The van der Waals surface area contributed by atoms with Crippen molar-refractivity contribution in [2.75, 3.05) is 0 Å². The lowest BCUT2D eigenvalue weighted by atomic mass is 10.1. The van der Waals surface area contributed by atoms with Crippen LogP contribution in [0.5, 0.6) is 5.75 Å². The molecule has 1 aromatic carbocycles. The van der Waals surface area contributed by atoms with Gasteiger partial charge in [-0.05, 0) is 19.1 Å². The number of alkyl halides is 2. The first-order valence-electron chi connectivity index (χ1n) is 7.70. The summed E-state index contributed by atoms with van der Waals surface area (Å²) in [6.07, 6.45) is 2.63. The average molecular weight is 408 g/mol. The van der Waals surface area contributed by atoms with Gasteiger partial charge in [-0.15, -0.1) is 0 Å². The van der Waals surface area contributed by atoms with Crippen LogP contribution in [0.4, 0.5) is 13.2 Å². The van der Waals surface area contributed by atoms with Gasteiger partial charge in [0.25, 0.3) is 5.91 Å². The van der Waals surface area contributed by atoms with Crippen molar-refractivity contribution in [2.24, 2.45) is 0 Å². The van der Waals surface area contributed by atoms with E-state index < -0.39 is 30.1 Å². The summed E-state index contributed by atoms with van der Waals surface area (Å²) in [4.78, 5) is 20.9. The van der Waals surface area contributed by atoms with Crippen molar-refractivity contribution in [3.63, 3.8) is 0 Å². The molecule has 1 N–H and O–H groups in total. The van der Waals surface area contributed by atoms with Gasteiger partial charge < -0.3 is 10.1 Å². The molecule has 0 aliphatic rings. The Morgan fingerprint density at radius 2 is 2.14 bits per heavy atom. The summed E-state index contributed by atoms with van der Waals surface area (Å²) in [5.41, 5.74) is -0.199. The van der Waals surface area contributed by atoms with Crippen LogP contribution >= 0.6 is 11.3 Å². The number of hydrogen-bond acceptors (Lipinski definition) is 7. The molecule has 3 rings (SSSR count). The smallest absolute Gasteiger partial charge is 0.387 e. The van der Waals surface area contributed by atoms with Crippen molar-refractivity contribution >= 4 is 17.2 Å². The number of hydrogen-bond donors (Lipinski definition) is 1. The predicted octanol–water partition coefficient (Wildman–Crippen LogP) is 2.83. The van der Waals surface area contributed by atoms with E-state index in [4.69, 9.17) is 5.26 Å². The molecule has 0 aliphatic carbocycles. The molecule has 8 nitrogen and oxygen atoms in total. The number of ether oxygens (including phenoxy) is 1. The number of thiazole rings is 1. The Hall–Kier alpha value is -3.46. The first kappa shape index (κ1) is 19.3. The number of nitrogens with one attached hydrogen (secondary N) is 1. The van der Waals surface area contributed by atoms with Gasteiger partial charge in [0.2, 0.25) is 5.13 Å². The summed E-state index contributed by atoms with van der Waals surface area (Å²) in [5, 5.41) is 15.9. The van der Waals surface area contributed by atoms with Gasteiger partial charge >= 0.3 is 6.61 Å². The molecule has 2 heterocycles. The van der Waals surface area contributed by atoms with Gasteiger partial charge in [-0.3, -0.25) is 4.79 Å². The van der Waals surface area contributed by atoms with Crippen molar-refractivity contribution in [3.05, 3.63) is 52.8 Å². The van der Waals surface area contributed by atoms with E-state index in [0.717, 1.165) is 29.5 Å². The molecule has 3 aromatic rings. The molecule has 0 spiro atoms. The lowest BCUT2D eigenvalue weighted by Gasteiger charge is -2.14. The van der Waals surface area contributed by atoms with Crippen LogP contribution in [0.15, 0.2) is 30.7 Å². The molecule has 0 fully saturated rings. The molecule has 2 aromatic heterocycles. The van der Waals surface area contributed by atoms with E-state index in [-0.39, 0.29) is 5.56 Å². The number of nitrogens with zero attached hydrogens (tertiary/aromatic N) is 5. The zero-order chi connectivity index (χ0) is 20.3. The lowest BCUT2D eigenvalue weighted by Crippen LogP contribution is -2.28. The van der Waals surface area contributed by atoms with Crippen LogP contribution in [0.3, 0.4) is 0 Å². The van der Waals surface area contributed by atoms with E-state index in [1.54, 1.807) is 6.92 Å². The number of carbonyl (C=O) groups excluding carboxylic acids is 1. The van der Waals surface area contributed by atoms with Crippen LogP contribution in [0.25, 0.3) is 5.13 Å². The maximum atomic E-state index is 13.6. The molecule has 28 heavy (non-hydrogen) atoms. The second-order valence-corrected chi connectivity index (χ2v) is 6.41. The standard InChI is InChI=1S/C16H11F3N6O2S/c1-8(13-22-7-23-25(13)16-21-6-12(5-20)28-16)24-14(26)9-2-10(17)4-11(3-9)27-15(18)19/h2-4,6-8,15H,1H3,(H,24,26)/t8-/m0/s1. The predicted molar refractivity (Wildman–Crippen MR) is 90.7 cm³/mol. The van der Waals surface area contributed by atoms with Crippen molar-refractivity contribution in [2.45, 2.75) is 19.6 Å². The van der Waals surface area contributed by atoms with Crippen LogP contribution in [-0.4, -0.2) is 32.3 Å². The number of amides is 1. The van der Waals surface area contributed by atoms with Gasteiger partial charge in [0.1, 0.15) is 28.8 Å². The van der Waals surface area contributed by atoms with E-state index >= 15 is 0 Å². The van der Waals surface area contributed by atoms with Gasteiger partial charge in [-0.1, -0.05) is 11.3 Å². The zero-order valence-corrected chi connectivity index (χ0v) is 15.0. The van der Waals surface area contributed by atoms with Crippen LogP contribution in [0.1, 0.15) is 34.0 Å². The molecule has 0 saturated carbocycles. The third kappa shape index (κ3) is 4.26. The Bertz CT molecular complexity index is 1050. The van der Waals surface area contributed by atoms with Crippen molar-refractivity contribution in [1.29, 1.82) is 5.26 Å². The molecule has 0 unspecified atom stereocenters. The van der Waals surface area contributed by atoms with Crippen molar-refractivity contribution in [3.8, 4) is 17.0 Å². The maximum absolute atomic E-state index is 13.6. The Morgan fingerprint density at radius 1 is 1.36 bits per heavy atom. The fourth-order valence-electron chi connectivity index (χ4n) is 2.32. The van der Waals surface area contributed by atoms with E-state index in [2.05, 4.69) is 25.1 Å². The fraction of sp³-hybridized carbons (Fsp3) is 0.188. The number of nitriles is 1. The van der Waals surface area contributed by atoms with Crippen LogP contribution in [0, 0.1) is 17.1 Å². The van der Waals surface area contributed by atoms with E-state index in [9.17, 15) is 18.0 Å². The maximum Gasteiger partial charge on any atom is 0.387 e. The molecule has 0 radical (unpaired) electrons. The third-order valence-corrected chi connectivity index (χ3v) is 4.33. The van der Waals surface area contributed by atoms with Gasteiger partial charge in [-0.25, -0.2) is 14.4 Å². The van der Waals surface area contributed by atoms with Crippen molar-refractivity contribution < 1.29 is 22.7 Å². The number of carbonyl (C=O) groups is 1. The highest BCUT2D eigenvalue weighted by Gasteiger charge is 2.20. The lowest BCUT2D eigenvalue weighted by molar-refractivity contribution is -0.0500. The molecule has 1 atom stereocenters. The summed E-state index contributed by atoms with van der Waals surface area (Å²) >= 11 is 1.09. The first-order chi connectivity index (χ1) is 13.4. The number of aromatic nitrogens is 4. The number of benzene rings is 1. The summed E-state index contributed by atoms with van der Waals surface area (Å²) in [6, 6.07) is 3.92. The summed E-state index contributed by atoms with van der Waals surface area (Å²) in [7, 11) is 0. The highest BCUT2D eigenvalue weighted by atomic mass is 32.1. The molecule has 0 saturated heterocycles. The highest BCUT2D eigenvalue weighted by molar-refractivity contribution is 7.14. The Balaban J connectivity index is 1.80. The van der Waals surface area contributed by atoms with Crippen LogP contribution in [-0.2, 0) is 0 Å². The average Bonchev–Trinajstić information content (AvgIpc) is 3.29. The summed E-state index contributed by atoms with van der Waals surface area (Å²) in [5.74, 6) is -1.78. The third-order valence-electron chi connectivity index (χ3n) is 3.45. The second-order valence-electron chi connectivity index (χ2n) is 5.40. The van der Waals surface area contributed by atoms with Gasteiger partial charge in [-0.2, -0.15) is 23.8 Å². The minimum atomic E-state index is -3.15. The number of halogens is 3. The summed E-state index contributed by atoms with van der Waals surface area (Å²) < 4.78 is 43.8. The highest BCUT2D eigenvalue weighted by Crippen LogP contribution is 2.22. The minimum Gasteiger partial charge on any atom is -0.435 e. The van der Waals surface area contributed by atoms with E-state index in [1.807, 2.05) is 6.07 Å². The topological polar surface area (TPSA) is 106 Å². The van der Waals surface area contributed by atoms with E-state index in [0.29, 0.717) is 15.8 Å². The van der Waals surface area contributed by atoms with Gasteiger partial charge in [0.15, 0.2) is 5.82 Å². The number of rotatable bonds is 6. The molecular formula is C16H11F3N6O2S.